The van der Waals surface area contributed by atoms with Crippen LogP contribution in [0.1, 0.15) is 22.8 Å². The van der Waals surface area contributed by atoms with Crippen LogP contribution in [0, 0.1) is 11.8 Å². The first-order chi connectivity index (χ1) is 12.3. The molecule has 1 unspecified atom stereocenters. The predicted molar refractivity (Wildman–Crippen MR) is 96.7 cm³/mol. The quantitative estimate of drug-likeness (QED) is 0.839. The van der Waals surface area contributed by atoms with Crippen LogP contribution in [0.2, 0.25) is 0 Å². The second kappa shape index (κ2) is 8.48. The molecule has 0 aliphatic carbocycles. The van der Waals surface area contributed by atoms with Gasteiger partial charge in [-0.3, -0.25) is 9.59 Å². The SMILES string of the molecule is CC(C(=O)N1CCN(C(=O)c2ccc(C(F)(F)F)cc2)CC1)C1CNC1.Cl. The van der Waals surface area contributed by atoms with E-state index in [1.807, 2.05) is 6.92 Å². The fraction of sp³-hybridized carbons (Fsp3) is 0.556. The topological polar surface area (TPSA) is 52.7 Å². The molecule has 0 bridgehead atoms. The molecule has 150 valence electrons. The number of nitrogens with zero attached hydrogens (tertiary/aromatic N) is 2. The molecule has 27 heavy (non-hydrogen) atoms. The van der Waals surface area contributed by atoms with Gasteiger partial charge in [-0.05, 0) is 43.3 Å². The van der Waals surface area contributed by atoms with E-state index in [4.69, 9.17) is 0 Å². The maximum atomic E-state index is 12.6. The van der Waals surface area contributed by atoms with Gasteiger partial charge < -0.3 is 15.1 Å². The van der Waals surface area contributed by atoms with Crippen molar-refractivity contribution >= 4 is 24.2 Å². The summed E-state index contributed by atoms with van der Waals surface area (Å²) >= 11 is 0. The van der Waals surface area contributed by atoms with E-state index in [1.54, 1.807) is 9.80 Å². The van der Waals surface area contributed by atoms with Gasteiger partial charge in [-0.1, -0.05) is 6.92 Å². The Morgan fingerprint density at radius 3 is 2.00 bits per heavy atom. The van der Waals surface area contributed by atoms with E-state index in [1.165, 1.54) is 12.1 Å². The Balaban J connectivity index is 0.00000261. The molecular formula is C18H23ClF3N3O2. The number of benzene rings is 1. The van der Waals surface area contributed by atoms with Gasteiger partial charge in [0.05, 0.1) is 5.56 Å². The number of hydrogen-bond donors (Lipinski definition) is 1. The minimum absolute atomic E-state index is 0. The first kappa shape index (κ1) is 21.5. The number of piperazine rings is 1. The number of rotatable bonds is 3. The van der Waals surface area contributed by atoms with Gasteiger partial charge in [0.2, 0.25) is 5.91 Å². The third-order valence-corrected chi connectivity index (χ3v) is 5.25. The van der Waals surface area contributed by atoms with E-state index in [2.05, 4.69) is 5.32 Å². The van der Waals surface area contributed by atoms with Crippen molar-refractivity contribution in [1.29, 1.82) is 0 Å². The number of alkyl halides is 3. The van der Waals surface area contributed by atoms with Crippen molar-refractivity contribution in [1.82, 2.24) is 15.1 Å². The second-order valence-electron chi connectivity index (χ2n) is 6.90. The summed E-state index contributed by atoms with van der Waals surface area (Å²) in [6, 6.07) is 4.24. The van der Waals surface area contributed by atoms with Crippen molar-refractivity contribution in [2.75, 3.05) is 39.3 Å². The molecule has 3 rings (SSSR count). The summed E-state index contributed by atoms with van der Waals surface area (Å²) in [7, 11) is 0. The minimum atomic E-state index is -4.42. The number of carbonyl (C=O) groups is 2. The Morgan fingerprint density at radius 2 is 1.56 bits per heavy atom. The van der Waals surface area contributed by atoms with Crippen LogP contribution in [-0.2, 0) is 11.0 Å². The lowest BCUT2D eigenvalue weighted by molar-refractivity contribution is -0.139. The van der Waals surface area contributed by atoms with Crippen LogP contribution in [0.3, 0.4) is 0 Å². The van der Waals surface area contributed by atoms with E-state index in [9.17, 15) is 22.8 Å². The number of hydrogen-bond acceptors (Lipinski definition) is 3. The van der Waals surface area contributed by atoms with E-state index in [0.717, 1.165) is 25.2 Å². The molecule has 1 aromatic carbocycles. The number of amides is 2. The highest BCUT2D eigenvalue weighted by molar-refractivity contribution is 5.94. The predicted octanol–water partition coefficient (Wildman–Crippen LogP) is 2.27. The number of carbonyl (C=O) groups excluding carboxylic acids is 2. The van der Waals surface area contributed by atoms with Crippen LogP contribution in [0.15, 0.2) is 24.3 Å². The molecule has 2 saturated heterocycles. The molecule has 0 spiro atoms. The van der Waals surface area contributed by atoms with Gasteiger partial charge in [0.15, 0.2) is 0 Å². The smallest absolute Gasteiger partial charge is 0.339 e. The van der Waals surface area contributed by atoms with Gasteiger partial charge >= 0.3 is 6.18 Å². The normalized spacial score (nSPS) is 19.1. The monoisotopic (exact) mass is 405 g/mol. The van der Waals surface area contributed by atoms with Crippen LogP contribution in [-0.4, -0.2) is 60.9 Å². The van der Waals surface area contributed by atoms with Crippen molar-refractivity contribution in [3.05, 3.63) is 35.4 Å². The Labute approximate surface area is 162 Å². The van der Waals surface area contributed by atoms with Crippen molar-refractivity contribution in [2.45, 2.75) is 13.1 Å². The summed E-state index contributed by atoms with van der Waals surface area (Å²) in [6.45, 7) is 5.35. The molecule has 2 heterocycles. The van der Waals surface area contributed by atoms with Gasteiger partial charge in [0, 0.05) is 37.7 Å². The molecule has 1 N–H and O–H groups in total. The fourth-order valence-electron chi connectivity index (χ4n) is 3.27. The van der Waals surface area contributed by atoms with Gasteiger partial charge in [-0.25, -0.2) is 0 Å². The van der Waals surface area contributed by atoms with Gasteiger partial charge in [0.1, 0.15) is 0 Å². The molecule has 2 aliphatic heterocycles. The highest BCUT2D eigenvalue weighted by Crippen LogP contribution is 2.29. The Hall–Kier alpha value is -1.80. The lowest BCUT2D eigenvalue weighted by atomic mass is 9.88. The molecule has 2 fully saturated rings. The van der Waals surface area contributed by atoms with Crippen LogP contribution < -0.4 is 5.32 Å². The highest BCUT2D eigenvalue weighted by atomic mass is 35.5. The summed E-state index contributed by atoms with van der Waals surface area (Å²) in [5.41, 5.74) is -0.546. The summed E-state index contributed by atoms with van der Waals surface area (Å²) < 4.78 is 37.8. The standard InChI is InChI=1S/C18H22F3N3O2.ClH/c1-12(14-10-22-11-14)16(25)23-6-8-24(9-7-23)17(26)13-2-4-15(5-3-13)18(19,20)21;/h2-5,12,14,22H,6-11H2,1H3;1H. The average molecular weight is 406 g/mol. The maximum absolute atomic E-state index is 12.6. The molecule has 5 nitrogen and oxygen atoms in total. The maximum Gasteiger partial charge on any atom is 0.416 e. The molecule has 0 aromatic heterocycles. The van der Waals surface area contributed by atoms with Crippen molar-refractivity contribution in [2.24, 2.45) is 11.8 Å². The largest absolute Gasteiger partial charge is 0.416 e. The highest BCUT2D eigenvalue weighted by Gasteiger charge is 2.34. The molecular weight excluding hydrogens is 383 g/mol. The average Bonchev–Trinajstić information content (AvgIpc) is 2.58. The third kappa shape index (κ3) is 4.73. The molecule has 1 atom stereocenters. The van der Waals surface area contributed by atoms with Gasteiger partial charge in [-0.2, -0.15) is 13.2 Å². The summed E-state index contributed by atoms with van der Waals surface area (Å²) in [6.07, 6.45) is -4.42. The minimum Gasteiger partial charge on any atom is -0.339 e. The first-order valence-corrected chi connectivity index (χ1v) is 8.73. The fourth-order valence-corrected chi connectivity index (χ4v) is 3.27. The Kier molecular flexibility index (Phi) is 6.75. The van der Waals surface area contributed by atoms with Crippen LogP contribution in [0.5, 0.6) is 0 Å². The zero-order valence-corrected chi connectivity index (χ0v) is 15.8. The number of nitrogens with one attached hydrogen (secondary N) is 1. The van der Waals surface area contributed by atoms with E-state index < -0.39 is 11.7 Å². The molecule has 0 saturated carbocycles. The summed E-state index contributed by atoms with van der Waals surface area (Å²) in [4.78, 5) is 28.3. The Bertz CT molecular complexity index is 669. The van der Waals surface area contributed by atoms with Gasteiger partial charge in [0.25, 0.3) is 5.91 Å². The molecule has 0 radical (unpaired) electrons. The zero-order chi connectivity index (χ0) is 18.9. The van der Waals surface area contributed by atoms with E-state index in [-0.39, 0.29) is 35.7 Å². The lowest BCUT2D eigenvalue weighted by Gasteiger charge is -2.39. The van der Waals surface area contributed by atoms with E-state index in [0.29, 0.717) is 32.1 Å². The van der Waals surface area contributed by atoms with Crippen LogP contribution >= 0.6 is 12.4 Å². The van der Waals surface area contributed by atoms with Crippen molar-refractivity contribution < 1.29 is 22.8 Å². The summed E-state index contributed by atoms with van der Waals surface area (Å²) in [5, 5.41) is 3.16. The molecule has 2 amide bonds. The van der Waals surface area contributed by atoms with Crippen LogP contribution in [0.4, 0.5) is 13.2 Å². The molecule has 2 aliphatic rings. The van der Waals surface area contributed by atoms with E-state index >= 15 is 0 Å². The Morgan fingerprint density at radius 1 is 1.04 bits per heavy atom. The van der Waals surface area contributed by atoms with Crippen molar-refractivity contribution in [3.8, 4) is 0 Å². The zero-order valence-electron chi connectivity index (χ0n) is 15.0. The molecule has 9 heteroatoms. The van der Waals surface area contributed by atoms with Gasteiger partial charge in [-0.15, -0.1) is 12.4 Å². The third-order valence-electron chi connectivity index (χ3n) is 5.25. The van der Waals surface area contributed by atoms with Crippen molar-refractivity contribution in [3.63, 3.8) is 0 Å². The second-order valence-corrected chi connectivity index (χ2v) is 6.90. The lowest BCUT2D eigenvalue weighted by Crippen LogP contribution is -2.55. The van der Waals surface area contributed by atoms with Crippen LogP contribution in [0.25, 0.3) is 0 Å². The number of halogens is 4. The summed E-state index contributed by atoms with van der Waals surface area (Å²) in [5.74, 6) is 0.142. The molecule has 1 aromatic rings. The first-order valence-electron chi connectivity index (χ1n) is 8.73.